The lowest BCUT2D eigenvalue weighted by molar-refractivity contribution is -0.385. The fraction of sp³-hybridized carbons (Fsp3) is 0.167. The predicted octanol–water partition coefficient (Wildman–Crippen LogP) is 5.52. The molecule has 134 valence electrons. The highest BCUT2D eigenvalue weighted by molar-refractivity contribution is 5.94. The van der Waals surface area contributed by atoms with Gasteiger partial charge < -0.3 is 5.32 Å². The van der Waals surface area contributed by atoms with E-state index in [1.165, 1.54) is 12.1 Å². The van der Waals surface area contributed by atoms with Gasteiger partial charge in [0.05, 0.1) is 21.6 Å². The Morgan fingerprint density at radius 1 is 1.08 bits per heavy atom. The number of nitrogens with zero attached hydrogens (tertiary/aromatic N) is 2. The zero-order valence-corrected chi connectivity index (χ0v) is 13.9. The van der Waals surface area contributed by atoms with Crippen molar-refractivity contribution >= 4 is 28.0 Å². The number of nitro groups is 1. The summed E-state index contributed by atoms with van der Waals surface area (Å²) < 4.78 is 38.8. The van der Waals surface area contributed by atoms with Crippen LogP contribution in [0.3, 0.4) is 0 Å². The van der Waals surface area contributed by atoms with Gasteiger partial charge in [-0.1, -0.05) is 12.1 Å². The van der Waals surface area contributed by atoms with Crippen LogP contribution in [0.5, 0.6) is 0 Å². The summed E-state index contributed by atoms with van der Waals surface area (Å²) in [6, 6.07) is 9.64. The van der Waals surface area contributed by atoms with Gasteiger partial charge in [0.1, 0.15) is 0 Å². The quantitative estimate of drug-likeness (QED) is 0.492. The maximum atomic E-state index is 12.9. The molecule has 3 rings (SSSR count). The van der Waals surface area contributed by atoms with Crippen molar-refractivity contribution in [1.29, 1.82) is 0 Å². The molecule has 26 heavy (non-hydrogen) atoms. The average Bonchev–Trinajstić information content (AvgIpc) is 2.54. The molecule has 5 nitrogen and oxygen atoms in total. The summed E-state index contributed by atoms with van der Waals surface area (Å²) in [6.07, 6.45) is -4.45. The number of anilines is 2. The van der Waals surface area contributed by atoms with Crippen LogP contribution in [-0.4, -0.2) is 9.91 Å². The monoisotopic (exact) mass is 361 g/mol. The lowest BCUT2D eigenvalue weighted by Crippen LogP contribution is -2.05. The molecule has 0 aliphatic rings. The van der Waals surface area contributed by atoms with E-state index in [4.69, 9.17) is 0 Å². The third kappa shape index (κ3) is 3.30. The number of fused-ring (bicyclic) bond motifs is 1. The Balaban J connectivity index is 2.12. The van der Waals surface area contributed by atoms with Crippen molar-refractivity contribution in [2.75, 3.05) is 5.32 Å². The van der Waals surface area contributed by atoms with Gasteiger partial charge in [0.25, 0.3) is 5.69 Å². The second kappa shape index (κ2) is 6.29. The van der Waals surface area contributed by atoms with Crippen LogP contribution in [0.1, 0.15) is 16.8 Å². The molecule has 0 bridgehead atoms. The van der Waals surface area contributed by atoms with Crippen LogP contribution in [0, 0.1) is 24.0 Å². The Morgan fingerprint density at radius 2 is 1.81 bits per heavy atom. The van der Waals surface area contributed by atoms with Gasteiger partial charge in [-0.15, -0.1) is 0 Å². The van der Waals surface area contributed by atoms with Gasteiger partial charge in [0.15, 0.2) is 0 Å². The normalized spacial score (nSPS) is 11.6. The molecule has 1 aromatic heterocycles. The molecule has 0 saturated carbocycles. The number of aromatic nitrogens is 1. The Morgan fingerprint density at radius 3 is 2.46 bits per heavy atom. The van der Waals surface area contributed by atoms with E-state index in [2.05, 4.69) is 10.3 Å². The number of hydrogen-bond donors (Lipinski definition) is 1. The Labute approximate surface area is 146 Å². The first-order valence-corrected chi connectivity index (χ1v) is 7.66. The number of benzene rings is 2. The minimum atomic E-state index is -4.45. The topological polar surface area (TPSA) is 68.1 Å². The van der Waals surface area contributed by atoms with Crippen LogP contribution in [0.25, 0.3) is 10.9 Å². The van der Waals surface area contributed by atoms with E-state index in [0.717, 1.165) is 12.1 Å². The van der Waals surface area contributed by atoms with Crippen molar-refractivity contribution in [3.05, 3.63) is 69.4 Å². The van der Waals surface area contributed by atoms with Crippen molar-refractivity contribution in [2.24, 2.45) is 0 Å². The van der Waals surface area contributed by atoms with E-state index in [1.807, 2.05) is 0 Å². The van der Waals surface area contributed by atoms with E-state index < -0.39 is 16.7 Å². The maximum Gasteiger partial charge on any atom is 0.416 e. The lowest BCUT2D eigenvalue weighted by Gasteiger charge is -2.14. The molecular weight excluding hydrogens is 347 g/mol. The number of nitro benzene ring substituents is 1. The smallest absolute Gasteiger partial charge is 0.354 e. The highest BCUT2D eigenvalue weighted by Crippen LogP contribution is 2.35. The molecule has 0 amide bonds. The number of nitrogens with one attached hydrogen (secondary N) is 1. The van der Waals surface area contributed by atoms with Crippen molar-refractivity contribution < 1.29 is 18.1 Å². The van der Waals surface area contributed by atoms with Gasteiger partial charge in [0.2, 0.25) is 0 Å². The van der Waals surface area contributed by atoms with E-state index in [-0.39, 0.29) is 11.2 Å². The second-order valence-electron chi connectivity index (χ2n) is 5.87. The molecular formula is C18H14F3N3O2. The second-order valence-corrected chi connectivity index (χ2v) is 5.87. The number of rotatable bonds is 3. The summed E-state index contributed by atoms with van der Waals surface area (Å²) in [6.45, 7) is 3.28. The zero-order valence-electron chi connectivity index (χ0n) is 13.9. The number of pyridine rings is 1. The standard InChI is InChI=1S/C18H14F3N3O2/c1-10-8-15(23-14-4-3-5-17(11(14)2)24(25)26)13-7-6-12(18(19,20)21)9-16(13)22-10/h3-9H,1-2H3,(H,22,23). The molecule has 0 unspecified atom stereocenters. The summed E-state index contributed by atoms with van der Waals surface area (Å²) in [5, 5.41) is 14.7. The molecule has 2 aromatic carbocycles. The summed E-state index contributed by atoms with van der Waals surface area (Å²) in [4.78, 5) is 14.8. The minimum absolute atomic E-state index is 0.0376. The molecule has 0 spiro atoms. The summed E-state index contributed by atoms with van der Waals surface area (Å²) in [7, 11) is 0. The van der Waals surface area contributed by atoms with E-state index in [0.29, 0.717) is 28.0 Å². The third-order valence-electron chi connectivity index (χ3n) is 4.04. The van der Waals surface area contributed by atoms with Gasteiger partial charge in [-0.3, -0.25) is 15.1 Å². The molecule has 3 aromatic rings. The van der Waals surface area contributed by atoms with Crippen LogP contribution in [0.4, 0.5) is 30.2 Å². The van der Waals surface area contributed by atoms with Crippen molar-refractivity contribution in [1.82, 2.24) is 4.98 Å². The van der Waals surface area contributed by atoms with Crippen molar-refractivity contribution in [3.8, 4) is 0 Å². The van der Waals surface area contributed by atoms with Gasteiger partial charge in [-0.05, 0) is 38.1 Å². The number of halogens is 3. The Bertz CT molecular complexity index is 1020. The predicted molar refractivity (Wildman–Crippen MR) is 92.6 cm³/mol. The first kappa shape index (κ1) is 17.7. The van der Waals surface area contributed by atoms with Crippen LogP contribution in [0.2, 0.25) is 0 Å². The van der Waals surface area contributed by atoms with Gasteiger partial charge in [-0.25, -0.2) is 0 Å². The van der Waals surface area contributed by atoms with Gasteiger partial charge in [-0.2, -0.15) is 13.2 Å². The molecule has 1 heterocycles. The van der Waals surface area contributed by atoms with Gasteiger partial charge >= 0.3 is 6.18 Å². The van der Waals surface area contributed by atoms with E-state index in [9.17, 15) is 23.3 Å². The fourth-order valence-corrected chi connectivity index (χ4v) is 2.74. The number of hydrogen-bond acceptors (Lipinski definition) is 4. The van der Waals surface area contributed by atoms with Crippen LogP contribution in [-0.2, 0) is 6.18 Å². The first-order chi connectivity index (χ1) is 12.2. The Kier molecular flexibility index (Phi) is 4.27. The number of aryl methyl sites for hydroxylation is 1. The molecule has 0 aliphatic carbocycles. The molecule has 1 N–H and O–H groups in total. The maximum absolute atomic E-state index is 12.9. The van der Waals surface area contributed by atoms with Crippen LogP contribution >= 0.6 is 0 Å². The van der Waals surface area contributed by atoms with Crippen molar-refractivity contribution in [2.45, 2.75) is 20.0 Å². The largest absolute Gasteiger partial charge is 0.416 e. The summed E-state index contributed by atoms with van der Waals surface area (Å²) >= 11 is 0. The van der Waals surface area contributed by atoms with Crippen LogP contribution in [0.15, 0.2) is 42.5 Å². The number of alkyl halides is 3. The Hall–Kier alpha value is -3.16. The summed E-state index contributed by atoms with van der Waals surface area (Å²) in [5.41, 5.74) is 1.39. The molecule has 0 radical (unpaired) electrons. The third-order valence-corrected chi connectivity index (χ3v) is 4.04. The SMILES string of the molecule is Cc1cc(Nc2cccc([N+](=O)[O-])c2C)c2ccc(C(F)(F)F)cc2n1. The highest BCUT2D eigenvalue weighted by Gasteiger charge is 2.30. The molecule has 0 saturated heterocycles. The van der Waals surface area contributed by atoms with Gasteiger partial charge in [0, 0.05) is 28.5 Å². The van der Waals surface area contributed by atoms with Crippen molar-refractivity contribution in [3.63, 3.8) is 0 Å². The zero-order chi connectivity index (χ0) is 19.1. The highest BCUT2D eigenvalue weighted by atomic mass is 19.4. The molecule has 0 aliphatic heterocycles. The lowest BCUT2D eigenvalue weighted by atomic mass is 10.1. The molecule has 0 fully saturated rings. The molecule has 8 heteroatoms. The van der Waals surface area contributed by atoms with Crippen LogP contribution < -0.4 is 5.32 Å². The van der Waals surface area contributed by atoms with E-state index in [1.54, 1.807) is 32.0 Å². The average molecular weight is 361 g/mol. The first-order valence-electron chi connectivity index (χ1n) is 7.66. The minimum Gasteiger partial charge on any atom is -0.354 e. The molecule has 0 atom stereocenters. The van der Waals surface area contributed by atoms with E-state index >= 15 is 0 Å². The summed E-state index contributed by atoms with van der Waals surface area (Å²) in [5.74, 6) is 0. The fourth-order valence-electron chi connectivity index (χ4n) is 2.74.